The van der Waals surface area contributed by atoms with Crippen molar-refractivity contribution in [2.24, 2.45) is 5.92 Å². The summed E-state index contributed by atoms with van der Waals surface area (Å²) < 4.78 is 6.51. The molecule has 1 fully saturated rings. The Balaban J connectivity index is 1.82. The summed E-state index contributed by atoms with van der Waals surface area (Å²) in [7, 11) is 0. The highest BCUT2D eigenvalue weighted by Gasteiger charge is 2.20. The molecule has 0 radical (unpaired) electrons. The van der Waals surface area contributed by atoms with Crippen LogP contribution in [0.2, 0.25) is 0 Å². The monoisotopic (exact) mass is 290 g/mol. The van der Waals surface area contributed by atoms with E-state index in [9.17, 15) is 0 Å². The van der Waals surface area contributed by atoms with Crippen molar-refractivity contribution in [3.8, 4) is 5.88 Å². The second-order valence-corrected chi connectivity index (χ2v) is 4.42. The molecule has 1 aliphatic carbocycles. The van der Waals surface area contributed by atoms with Crippen molar-refractivity contribution in [3.05, 3.63) is 16.1 Å². The third-order valence-corrected chi connectivity index (χ3v) is 2.84. The van der Waals surface area contributed by atoms with E-state index in [2.05, 4.69) is 32.6 Å². The van der Waals surface area contributed by atoms with Crippen molar-refractivity contribution in [1.29, 1.82) is 0 Å². The third kappa shape index (κ3) is 2.79. The van der Waals surface area contributed by atoms with Gasteiger partial charge in [0.15, 0.2) is 0 Å². The molecule has 1 heterocycles. The first-order valence-electron chi connectivity index (χ1n) is 4.44. The van der Waals surface area contributed by atoms with Crippen molar-refractivity contribution < 1.29 is 4.74 Å². The Kier molecular flexibility index (Phi) is 2.97. The Labute approximate surface area is 91.1 Å². The van der Waals surface area contributed by atoms with Gasteiger partial charge in [0.05, 0.1) is 10.2 Å². The van der Waals surface area contributed by atoms with Gasteiger partial charge in [0, 0.05) is 6.20 Å². The molecule has 70 valence electrons. The summed E-state index contributed by atoms with van der Waals surface area (Å²) in [5.41, 5.74) is 0. The number of halogens is 1. The largest absolute Gasteiger partial charge is 0.477 e. The maximum absolute atomic E-state index is 5.53. The lowest BCUT2D eigenvalue weighted by molar-refractivity contribution is 0.288. The van der Waals surface area contributed by atoms with Gasteiger partial charge in [-0.25, -0.2) is 9.97 Å². The summed E-state index contributed by atoms with van der Waals surface area (Å²) in [6, 6.07) is 0. The standard InChI is InChI=1S/C9H11IN2O/c10-8-5-11-6-12-9(8)13-4-3-7-1-2-7/h5-7H,1-4H2. The predicted molar refractivity (Wildman–Crippen MR) is 57.6 cm³/mol. The van der Waals surface area contributed by atoms with Gasteiger partial charge in [-0.2, -0.15) is 0 Å². The Morgan fingerprint density at radius 1 is 1.54 bits per heavy atom. The number of hydrogen-bond acceptors (Lipinski definition) is 3. The van der Waals surface area contributed by atoms with E-state index >= 15 is 0 Å². The molecule has 0 unspecified atom stereocenters. The summed E-state index contributed by atoms with van der Waals surface area (Å²) >= 11 is 2.18. The summed E-state index contributed by atoms with van der Waals surface area (Å²) in [6.45, 7) is 0.789. The first-order valence-corrected chi connectivity index (χ1v) is 5.52. The van der Waals surface area contributed by atoms with Crippen molar-refractivity contribution in [2.45, 2.75) is 19.3 Å². The minimum Gasteiger partial charge on any atom is -0.477 e. The van der Waals surface area contributed by atoms with Crippen LogP contribution in [0.1, 0.15) is 19.3 Å². The van der Waals surface area contributed by atoms with Crippen LogP contribution in [-0.4, -0.2) is 16.6 Å². The number of hydrogen-bond donors (Lipinski definition) is 0. The fourth-order valence-electron chi connectivity index (χ4n) is 1.14. The lowest BCUT2D eigenvalue weighted by atomic mass is 10.3. The van der Waals surface area contributed by atoms with Gasteiger partial charge in [-0.15, -0.1) is 0 Å². The first kappa shape index (κ1) is 9.18. The molecule has 0 spiro atoms. The zero-order valence-electron chi connectivity index (χ0n) is 7.24. The van der Waals surface area contributed by atoms with Crippen molar-refractivity contribution in [1.82, 2.24) is 9.97 Å². The fraction of sp³-hybridized carbons (Fsp3) is 0.556. The van der Waals surface area contributed by atoms with Crippen LogP contribution >= 0.6 is 22.6 Å². The van der Waals surface area contributed by atoms with Crippen molar-refractivity contribution in [3.63, 3.8) is 0 Å². The summed E-state index contributed by atoms with van der Waals surface area (Å²) in [6.07, 6.45) is 7.21. The average Bonchev–Trinajstić information content (AvgIpc) is 2.92. The lowest BCUT2D eigenvalue weighted by Gasteiger charge is -2.04. The van der Waals surface area contributed by atoms with E-state index in [4.69, 9.17) is 4.74 Å². The number of aromatic nitrogens is 2. The molecule has 0 atom stereocenters. The van der Waals surface area contributed by atoms with Gasteiger partial charge in [0.25, 0.3) is 0 Å². The summed E-state index contributed by atoms with van der Waals surface area (Å²) in [4.78, 5) is 7.96. The maximum atomic E-state index is 5.53. The van der Waals surface area contributed by atoms with Crippen LogP contribution in [0.3, 0.4) is 0 Å². The molecule has 0 aliphatic heterocycles. The minimum atomic E-state index is 0.719. The van der Waals surface area contributed by atoms with Crippen molar-refractivity contribution in [2.75, 3.05) is 6.61 Å². The molecular formula is C9H11IN2O. The molecule has 0 saturated heterocycles. The van der Waals surface area contributed by atoms with Gasteiger partial charge >= 0.3 is 0 Å². The van der Waals surface area contributed by atoms with Gasteiger partial charge in [0.1, 0.15) is 6.33 Å². The zero-order valence-corrected chi connectivity index (χ0v) is 9.40. The third-order valence-electron chi connectivity index (χ3n) is 2.10. The molecule has 0 aromatic carbocycles. The highest BCUT2D eigenvalue weighted by atomic mass is 127. The van der Waals surface area contributed by atoms with Crippen LogP contribution in [0.4, 0.5) is 0 Å². The molecule has 0 amide bonds. The van der Waals surface area contributed by atoms with Crippen LogP contribution < -0.4 is 4.74 Å². The Bertz CT molecular complexity index is 289. The van der Waals surface area contributed by atoms with Crippen LogP contribution in [0.15, 0.2) is 12.5 Å². The van der Waals surface area contributed by atoms with Crippen LogP contribution in [0.5, 0.6) is 5.88 Å². The number of nitrogens with zero attached hydrogens (tertiary/aromatic N) is 2. The first-order chi connectivity index (χ1) is 6.36. The topological polar surface area (TPSA) is 35.0 Å². The summed E-state index contributed by atoms with van der Waals surface area (Å²) in [5.74, 6) is 1.63. The molecule has 1 aromatic heterocycles. The van der Waals surface area contributed by atoms with Gasteiger partial charge < -0.3 is 4.74 Å². The van der Waals surface area contributed by atoms with Gasteiger partial charge in [-0.3, -0.25) is 0 Å². The van der Waals surface area contributed by atoms with E-state index in [1.54, 1.807) is 6.20 Å². The Morgan fingerprint density at radius 2 is 2.38 bits per heavy atom. The molecule has 1 aliphatic rings. The molecule has 0 N–H and O–H groups in total. The van der Waals surface area contributed by atoms with E-state index in [1.165, 1.54) is 25.6 Å². The molecule has 3 nitrogen and oxygen atoms in total. The highest BCUT2D eigenvalue weighted by Crippen LogP contribution is 2.32. The Morgan fingerprint density at radius 3 is 3.08 bits per heavy atom. The molecule has 2 rings (SSSR count). The second-order valence-electron chi connectivity index (χ2n) is 3.26. The minimum absolute atomic E-state index is 0.719. The maximum Gasteiger partial charge on any atom is 0.230 e. The molecule has 4 heteroatoms. The predicted octanol–water partition coefficient (Wildman–Crippen LogP) is 2.26. The van der Waals surface area contributed by atoms with Crippen LogP contribution in [0, 0.1) is 9.49 Å². The molecule has 1 saturated carbocycles. The average molecular weight is 290 g/mol. The number of rotatable bonds is 4. The highest BCUT2D eigenvalue weighted by molar-refractivity contribution is 14.1. The van der Waals surface area contributed by atoms with Crippen molar-refractivity contribution >= 4 is 22.6 Å². The molecule has 0 bridgehead atoms. The second kappa shape index (κ2) is 4.21. The van der Waals surface area contributed by atoms with Gasteiger partial charge in [0.2, 0.25) is 5.88 Å². The molecule has 1 aromatic rings. The van der Waals surface area contributed by atoms with E-state index < -0.39 is 0 Å². The molecule has 13 heavy (non-hydrogen) atoms. The summed E-state index contributed by atoms with van der Waals surface area (Å²) in [5, 5.41) is 0. The normalized spacial score (nSPS) is 15.8. The quantitative estimate of drug-likeness (QED) is 0.798. The van der Waals surface area contributed by atoms with Crippen LogP contribution in [0.25, 0.3) is 0 Å². The van der Waals surface area contributed by atoms with E-state index in [-0.39, 0.29) is 0 Å². The van der Waals surface area contributed by atoms with E-state index in [0.717, 1.165) is 22.0 Å². The van der Waals surface area contributed by atoms with Gasteiger partial charge in [-0.1, -0.05) is 12.8 Å². The van der Waals surface area contributed by atoms with Gasteiger partial charge in [-0.05, 0) is 34.9 Å². The fourth-order valence-corrected chi connectivity index (χ4v) is 1.59. The van der Waals surface area contributed by atoms with E-state index in [0.29, 0.717) is 0 Å². The lowest BCUT2D eigenvalue weighted by Crippen LogP contribution is -2.01. The number of ether oxygens (including phenoxy) is 1. The zero-order chi connectivity index (χ0) is 9.10. The van der Waals surface area contributed by atoms with E-state index in [1.807, 2.05) is 0 Å². The van der Waals surface area contributed by atoms with Crippen LogP contribution in [-0.2, 0) is 0 Å². The SMILES string of the molecule is Ic1cncnc1OCCC1CC1. The Hall–Kier alpha value is -0.390. The smallest absolute Gasteiger partial charge is 0.230 e. The molecular weight excluding hydrogens is 279 g/mol.